The Morgan fingerprint density at radius 2 is 1.74 bits per heavy atom. The minimum atomic E-state index is -3.75. The van der Waals surface area contributed by atoms with Gasteiger partial charge in [0.1, 0.15) is 5.75 Å². The van der Waals surface area contributed by atoms with Crippen LogP contribution in [0.25, 0.3) is 0 Å². The van der Waals surface area contributed by atoms with E-state index in [1.165, 1.54) is 24.3 Å². The van der Waals surface area contributed by atoms with Gasteiger partial charge in [0.25, 0.3) is 15.9 Å². The highest BCUT2D eigenvalue weighted by atomic mass is 32.2. The van der Waals surface area contributed by atoms with Crippen LogP contribution in [0.4, 0.5) is 5.69 Å². The van der Waals surface area contributed by atoms with Crippen molar-refractivity contribution < 1.29 is 17.9 Å². The lowest BCUT2D eigenvalue weighted by Gasteiger charge is -2.10. The lowest BCUT2D eigenvalue weighted by molar-refractivity contribution is 0.0952. The van der Waals surface area contributed by atoms with Crippen molar-refractivity contribution in [2.75, 3.05) is 17.9 Å². The standard InChI is InChI=1S/C19H25N3O4S/c1-3-26-17-8-6-16(7-9-17)22-27(24,25)18-10-4-15(5-11-18)19(23)21-13-12-14(2)20/h4-11,14,22H,3,12-13,20H2,1-2H3,(H,21,23). The van der Waals surface area contributed by atoms with Crippen molar-refractivity contribution in [2.24, 2.45) is 5.73 Å². The molecule has 7 nitrogen and oxygen atoms in total. The van der Waals surface area contributed by atoms with Gasteiger partial charge in [0, 0.05) is 23.8 Å². The van der Waals surface area contributed by atoms with E-state index >= 15 is 0 Å². The second-order valence-corrected chi connectivity index (χ2v) is 7.79. The molecule has 0 aliphatic carbocycles. The zero-order valence-corrected chi connectivity index (χ0v) is 16.3. The summed E-state index contributed by atoms with van der Waals surface area (Å²) in [5, 5.41) is 2.75. The second kappa shape index (κ2) is 9.38. The maximum absolute atomic E-state index is 12.5. The van der Waals surface area contributed by atoms with Crippen LogP contribution in [-0.4, -0.2) is 33.5 Å². The number of sulfonamides is 1. The van der Waals surface area contributed by atoms with Crippen molar-refractivity contribution in [3.63, 3.8) is 0 Å². The summed E-state index contributed by atoms with van der Waals surface area (Å²) in [7, 11) is -3.75. The van der Waals surface area contributed by atoms with E-state index in [0.717, 1.165) is 0 Å². The lowest BCUT2D eigenvalue weighted by atomic mass is 10.2. The van der Waals surface area contributed by atoms with Crippen LogP contribution >= 0.6 is 0 Å². The van der Waals surface area contributed by atoms with Gasteiger partial charge in [-0.25, -0.2) is 8.42 Å². The molecule has 0 spiro atoms. The van der Waals surface area contributed by atoms with Crippen LogP contribution < -0.4 is 20.5 Å². The molecule has 0 aliphatic heterocycles. The van der Waals surface area contributed by atoms with Crippen molar-refractivity contribution >= 4 is 21.6 Å². The molecule has 2 aromatic carbocycles. The molecular formula is C19H25N3O4S. The van der Waals surface area contributed by atoms with Crippen molar-refractivity contribution in [1.82, 2.24) is 5.32 Å². The fourth-order valence-corrected chi connectivity index (χ4v) is 3.36. The van der Waals surface area contributed by atoms with E-state index < -0.39 is 10.0 Å². The van der Waals surface area contributed by atoms with Gasteiger partial charge in [-0.05, 0) is 68.8 Å². The molecule has 0 bridgehead atoms. The van der Waals surface area contributed by atoms with Gasteiger partial charge < -0.3 is 15.8 Å². The van der Waals surface area contributed by atoms with Crippen LogP contribution in [0.3, 0.4) is 0 Å². The van der Waals surface area contributed by atoms with E-state index in [1.807, 2.05) is 13.8 Å². The van der Waals surface area contributed by atoms with E-state index in [4.69, 9.17) is 10.5 Å². The fraction of sp³-hybridized carbons (Fsp3) is 0.316. The number of nitrogens with one attached hydrogen (secondary N) is 2. The Balaban J connectivity index is 2.02. The molecule has 0 saturated heterocycles. The number of amides is 1. The molecule has 4 N–H and O–H groups in total. The molecule has 0 radical (unpaired) electrons. The quantitative estimate of drug-likeness (QED) is 0.608. The van der Waals surface area contributed by atoms with E-state index in [0.29, 0.717) is 36.6 Å². The van der Waals surface area contributed by atoms with E-state index in [1.54, 1.807) is 24.3 Å². The van der Waals surface area contributed by atoms with Gasteiger partial charge in [-0.1, -0.05) is 0 Å². The Morgan fingerprint density at radius 3 is 2.30 bits per heavy atom. The lowest BCUT2D eigenvalue weighted by Crippen LogP contribution is -2.28. The molecular weight excluding hydrogens is 366 g/mol. The summed E-state index contributed by atoms with van der Waals surface area (Å²) in [5.41, 5.74) is 6.46. The number of anilines is 1. The van der Waals surface area contributed by atoms with Gasteiger partial charge in [0.05, 0.1) is 11.5 Å². The Labute approximate surface area is 160 Å². The summed E-state index contributed by atoms with van der Waals surface area (Å²) in [6.45, 7) is 4.74. The third-order valence-electron chi connectivity index (χ3n) is 3.73. The number of hydrogen-bond acceptors (Lipinski definition) is 5. The highest BCUT2D eigenvalue weighted by Gasteiger charge is 2.15. The number of hydrogen-bond donors (Lipinski definition) is 3. The van der Waals surface area contributed by atoms with Gasteiger partial charge >= 0.3 is 0 Å². The van der Waals surface area contributed by atoms with E-state index in [2.05, 4.69) is 10.0 Å². The van der Waals surface area contributed by atoms with Crippen LogP contribution in [0.5, 0.6) is 5.75 Å². The number of carbonyl (C=O) groups excluding carboxylic acids is 1. The van der Waals surface area contributed by atoms with Crippen molar-refractivity contribution in [3.05, 3.63) is 54.1 Å². The highest BCUT2D eigenvalue weighted by Crippen LogP contribution is 2.20. The van der Waals surface area contributed by atoms with Crippen LogP contribution in [0.15, 0.2) is 53.4 Å². The van der Waals surface area contributed by atoms with Crippen LogP contribution in [0, 0.1) is 0 Å². The minimum Gasteiger partial charge on any atom is -0.494 e. The van der Waals surface area contributed by atoms with E-state index in [-0.39, 0.29) is 16.8 Å². The molecule has 0 fully saturated rings. The van der Waals surface area contributed by atoms with E-state index in [9.17, 15) is 13.2 Å². The molecule has 0 aliphatic rings. The van der Waals surface area contributed by atoms with Gasteiger partial charge in [-0.3, -0.25) is 9.52 Å². The summed E-state index contributed by atoms with van der Waals surface area (Å²) in [5.74, 6) is 0.402. The average molecular weight is 391 g/mol. The Kier molecular flexibility index (Phi) is 7.20. The largest absolute Gasteiger partial charge is 0.494 e. The molecule has 0 aromatic heterocycles. The SMILES string of the molecule is CCOc1ccc(NS(=O)(=O)c2ccc(C(=O)NCCC(C)N)cc2)cc1. The molecule has 0 saturated carbocycles. The summed E-state index contributed by atoms with van der Waals surface area (Å²) in [6, 6.07) is 12.4. The minimum absolute atomic E-state index is 0.00601. The van der Waals surface area contributed by atoms with Crippen LogP contribution in [0.1, 0.15) is 30.6 Å². The summed E-state index contributed by atoms with van der Waals surface area (Å²) >= 11 is 0. The molecule has 8 heteroatoms. The monoisotopic (exact) mass is 391 g/mol. The first-order chi connectivity index (χ1) is 12.8. The molecule has 2 aromatic rings. The summed E-state index contributed by atoms with van der Waals surface area (Å²) < 4.78 is 32.8. The topological polar surface area (TPSA) is 111 Å². The Bertz CT molecular complexity index is 848. The van der Waals surface area contributed by atoms with Crippen molar-refractivity contribution in [2.45, 2.75) is 31.2 Å². The van der Waals surface area contributed by atoms with Crippen LogP contribution in [-0.2, 0) is 10.0 Å². The predicted octanol–water partition coefficient (Wildman–Crippen LogP) is 2.35. The first-order valence-electron chi connectivity index (χ1n) is 8.71. The summed E-state index contributed by atoms with van der Waals surface area (Å²) in [6.07, 6.45) is 0.671. The zero-order valence-electron chi connectivity index (χ0n) is 15.4. The molecule has 27 heavy (non-hydrogen) atoms. The summed E-state index contributed by atoms with van der Waals surface area (Å²) in [4.78, 5) is 12.1. The average Bonchev–Trinajstić information content (AvgIpc) is 2.63. The van der Waals surface area contributed by atoms with Crippen LogP contribution in [0.2, 0.25) is 0 Å². The van der Waals surface area contributed by atoms with Gasteiger partial charge in [-0.2, -0.15) is 0 Å². The number of nitrogens with two attached hydrogens (primary N) is 1. The maximum atomic E-state index is 12.5. The molecule has 1 atom stereocenters. The second-order valence-electron chi connectivity index (χ2n) is 6.11. The Morgan fingerprint density at radius 1 is 1.11 bits per heavy atom. The van der Waals surface area contributed by atoms with Gasteiger partial charge in [0.15, 0.2) is 0 Å². The molecule has 0 heterocycles. The van der Waals surface area contributed by atoms with Gasteiger partial charge in [0.2, 0.25) is 0 Å². The molecule has 146 valence electrons. The normalized spacial score (nSPS) is 12.3. The third kappa shape index (κ3) is 6.26. The highest BCUT2D eigenvalue weighted by molar-refractivity contribution is 7.92. The predicted molar refractivity (Wildman–Crippen MR) is 105 cm³/mol. The maximum Gasteiger partial charge on any atom is 0.261 e. The van der Waals surface area contributed by atoms with Gasteiger partial charge in [-0.15, -0.1) is 0 Å². The Hall–Kier alpha value is -2.58. The number of ether oxygens (including phenoxy) is 1. The number of rotatable bonds is 9. The molecule has 1 amide bonds. The number of carbonyl (C=O) groups is 1. The molecule has 1 unspecified atom stereocenters. The first-order valence-corrected chi connectivity index (χ1v) is 10.2. The number of benzene rings is 2. The first kappa shape index (κ1) is 20.7. The smallest absolute Gasteiger partial charge is 0.261 e. The third-order valence-corrected chi connectivity index (χ3v) is 5.13. The van der Waals surface area contributed by atoms with Crippen molar-refractivity contribution in [3.8, 4) is 5.75 Å². The zero-order chi connectivity index (χ0) is 19.9. The molecule has 2 rings (SSSR count). The van der Waals surface area contributed by atoms with Crippen molar-refractivity contribution in [1.29, 1.82) is 0 Å². The fourth-order valence-electron chi connectivity index (χ4n) is 2.30.